The van der Waals surface area contributed by atoms with Crippen LogP contribution in [0, 0.1) is 0 Å². The van der Waals surface area contributed by atoms with E-state index in [0.717, 1.165) is 31.7 Å². The third kappa shape index (κ3) is 3.77. The van der Waals surface area contributed by atoms with Crippen LogP contribution in [0.5, 0.6) is 0 Å². The van der Waals surface area contributed by atoms with Gasteiger partial charge in [-0.2, -0.15) is 0 Å². The van der Waals surface area contributed by atoms with Crippen LogP contribution in [0.25, 0.3) is 0 Å². The van der Waals surface area contributed by atoms with Crippen LogP contribution in [-0.4, -0.2) is 41.3 Å². The summed E-state index contributed by atoms with van der Waals surface area (Å²) in [5, 5.41) is 5.83. The highest BCUT2D eigenvalue weighted by Crippen LogP contribution is 2.28. The molecular formula is C15H18N4O3S. The Morgan fingerprint density at radius 1 is 1.48 bits per heavy atom. The number of rotatable bonds is 5. The Kier molecular flexibility index (Phi) is 4.73. The second-order valence-corrected chi connectivity index (χ2v) is 6.30. The zero-order valence-corrected chi connectivity index (χ0v) is 13.6. The molecule has 0 unspecified atom stereocenters. The van der Waals surface area contributed by atoms with E-state index < -0.39 is 5.91 Å². The molecule has 0 bridgehead atoms. The lowest BCUT2D eigenvalue weighted by Crippen LogP contribution is -2.32. The van der Waals surface area contributed by atoms with Gasteiger partial charge in [0.1, 0.15) is 0 Å². The Balaban J connectivity index is 1.52. The highest BCUT2D eigenvalue weighted by atomic mass is 32.1. The number of aromatic nitrogens is 1. The van der Waals surface area contributed by atoms with Gasteiger partial charge < -0.3 is 15.1 Å². The number of amides is 2. The molecule has 0 saturated carbocycles. The first kappa shape index (κ1) is 15.7. The highest BCUT2D eigenvalue weighted by molar-refractivity contribution is 7.15. The Morgan fingerprint density at radius 3 is 3.09 bits per heavy atom. The van der Waals surface area contributed by atoms with Crippen molar-refractivity contribution in [2.75, 3.05) is 25.0 Å². The monoisotopic (exact) mass is 334 g/mol. The van der Waals surface area contributed by atoms with E-state index in [1.165, 1.54) is 22.5 Å². The van der Waals surface area contributed by atoms with E-state index in [2.05, 4.69) is 27.4 Å². The molecule has 0 radical (unpaired) electrons. The Labute approximate surface area is 137 Å². The SMILES string of the molecule is CCN1CCc2nc(NC(=O)CNC(=O)c3ccco3)sc2C1. The first-order chi connectivity index (χ1) is 11.2. The van der Waals surface area contributed by atoms with Crippen molar-refractivity contribution in [2.45, 2.75) is 19.9 Å². The predicted molar refractivity (Wildman–Crippen MR) is 86.4 cm³/mol. The van der Waals surface area contributed by atoms with E-state index in [1.54, 1.807) is 12.1 Å². The Morgan fingerprint density at radius 2 is 2.35 bits per heavy atom. The third-order valence-corrected chi connectivity index (χ3v) is 4.66. The van der Waals surface area contributed by atoms with Crippen LogP contribution in [0.2, 0.25) is 0 Å². The number of anilines is 1. The maximum Gasteiger partial charge on any atom is 0.287 e. The van der Waals surface area contributed by atoms with Crippen LogP contribution in [0.4, 0.5) is 5.13 Å². The van der Waals surface area contributed by atoms with E-state index in [9.17, 15) is 9.59 Å². The molecular weight excluding hydrogens is 316 g/mol. The van der Waals surface area contributed by atoms with E-state index in [4.69, 9.17) is 4.42 Å². The summed E-state index contributed by atoms with van der Waals surface area (Å²) >= 11 is 1.50. The largest absolute Gasteiger partial charge is 0.459 e. The molecule has 0 aliphatic carbocycles. The minimum atomic E-state index is -0.415. The Bertz CT molecular complexity index is 696. The maximum atomic E-state index is 11.9. The van der Waals surface area contributed by atoms with Crippen LogP contribution in [0.15, 0.2) is 22.8 Å². The van der Waals surface area contributed by atoms with Crippen LogP contribution < -0.4 is 10.6 Å². The molecule has 2 aromatic heterocycles. The lowest BCUT2D eigenvalue weighted by Gasteiger charge is -2.23. The smallest absolute Gasteiger partial charge is 0.287 e. The van der Waals surface area contributed by atoms with Gasteiger partial charge in [-0.05, 0) is 18.7 Å². The second kappa shape index (κ2) is 6.93. The zero-order chi connectivity index (χ0) is 16.2. The molecule has 2 N–H and O–H groups in total. The van der Waals surface area contributed by atoms with E-state index in [1.807, 2.05) is 0 Å². The van der Waals surface area contributed by atoms with Crippen LogP contribution in [0.3, 0.4) is 0 Å². The molecule has 1 aliphatic heterocycles. The number of likely N-dealkylation sites (N-methyl/N-ethyl adjacent to an activating group) is 1. The summed E-state index contributed by atoms with van der Waals surface area (Å²) in [6.07, 6.45) is 2.32. The molecule has 8 heteroatoms. The van der Waals surface area contributed by atoms with Gasteiger partial charge in [-0.1, -0.05) is 6.92 Å². The number of carbonyl (C=O) groups is 2. The van der Waals surface area contributed by atoms with Gasteiger partial charge >= 0.3 is 0 Å². The molecule has 122 valence electrons. The number of furan rings is 1. The van der Waals surface area contributed by atoms with Crippen molar-refractivity contribution in [2.24, 2.45) is 0 Å². The van der Waals surface area contributed by atoms with E-state index >= 15 is 0 Å². The van der Waals surface area contributed by atoms with Crippen LogP contribution >= 0.6 is 11.3 Å². The summed E-state index contributed by atoms with van der Waals surface area (Å²) in [7, 11) is 0. The fourth-order valence-corrected chi connectivity index (χ4v) is 3.46. The number of hydrogen-bond donors (Lipinski definition) is 2. The fourth-order valence-electron chi connectivity index (χ4n) is 2.39. The lowest BCUT2D eigenvalue weighted by molar-refractivity contribution is -0.115. The molecule has 0 aromatic carbocycles. The average molecular weight is 334 g/mol. The normalized spacial score (nSPS) is 14.3. The maximum absolute atomic E-state index is 11.9. The van der Waals surface area contributed by atoms with Gasteiger partial charge in [0.15, 0.2) is 10.9 Å². The molecule has 2 amide bonds. The van der Waals surface area contributed by atoms with E-state index in [-0.39, 0.29) is 18.2 Å². The summed E-state index contributed by atoms with van der Waals surface area (Å²) < 4.78 is 4.96. The van der Waals surface area contributed by atoms with Gasteiger partial charge in [-0.3, -0.25) is 14.5 Å². The van der Waals surface area contributed by atoms with Crippen molar-refractivity contribution in [1.29, 1.82) is 0 Å². The van der Waals surface area contributed by atoms with Crippen molar-refractivity contribution >= 4 is 28.3 Å². The summed E-state index contributed by atoms with van der Waals surface area (Å²) in [4.78, 5) is 31.6. The lowest BCUT2D eigenvalue weighted by atomic mass is 10.2. The molecule has 3 heterocycles. The van der Waals surface area contributed by atoms with Crippen molar-refractivity contribution in [1.82, 2.24) is 15.2 Å². The average Bonchev–Trinajstić information content (AvgIpc) is 3.20. The van der Waals surface area contributed by atoms with Crippen molar-refractivity contribution in [3.8, 4) is 0 Å². The summed E-state index contributed by atoms with van der Waals surface area (Å²) in [5.74, 6) is -0.535. The van der Waals surface area contributed by atoms with Gasteiger partial charge in [0.2, 0.25) is 5.91 Å². The van der Waals surface area contributed by atoms with Crippen LogP contribution in [0.1, 0.15) is 28.0 Å². The van der Waals surface area contributed by atoms with Crippen molar-refractivity contribution < 1.29 is 14.0 Å². The van der Waals surface area contributed by atoms with Gasteiger partial charge in [0.25, 0.3) is 5.91 Å². The van der Waals surface area contributed by atoms with Gasteiger partial charge in [-0.25, -0.2) is 4.98 Å². The minimum Gasteiger partial charge on any atom is -0.459 e. The summed E-state index contributed by atoms with van der Waals surface area (Å²) in [6, 6.07) is 3.16. The highest BCUT2D eigenvalue weighted by Gasteiger charge is 2.20. The molecule has 3 rings (SSSR count). The predicted octanol–water partition coefficient (Wildman–Crippen LogP) is 1.48. The van der Waals surface area contributed by atoms with Crippen molar-refractivity contribution in [3.05, 3.63) is 34.7 Å². The number of thiazole rings is 1. The number of hydrogen-bond acceptors (Lipinski definition) is 6. The fraction of sp³-hybridized carbons (Fsp3) is 0.400. The molecule has 7 nitrogen and oxygen atoms in total. The number of nitrogens with zero attached hydrogens (tertiary/aromatic N) is 2. The Hall–Kier alpha value is -2.19. The first-order valence-electron chi connectivity index (χ1n) is 7.48. The second-order valence-electron chi connectivity index (χ2n) is 5.22. The van der Waals surface area contributed by atoms with Gasteiger partial charge in [-0.15, -0.1) is 11.3 Å². The molecule has 2 aromatic rings. The first-order valence-corrected chi connectivity index (χ1v) is 8.30. The molecule has 23 heavy (non-hydrogen) atoms. The number of carbonyl (C=O) groups excluding carboxylic acids is 2. The molecule has 0 atom stereocenters. The topological polar surface area (TPSA) is 87.5 Å². The quantitative estimate of drug-likeness (QED) is 0.865. The number of fused-ring (bicyclic) bond motifs is 1. The zero-order valence-electron chi connectivity index (χ0n) is 12.8. The summed E-state index contributed by atoms with van der Waals surface area (Å²) in [5.41, 5.74) is 1.06. The molecule has 1 aliphatic rings. The van der Waals surface area contributed by atoms with Crippen LogP contribution in [-0.2, 0) is 17.8 Å². The van der Waals surface area contributed by atoms with Crippen molar-refractivity contribution in [3.63, 3.8) is 0 Å². The molecule has 0 saturated heterocycles. The minimum absolute atomic E-state index is 0.120. The standard InChI is InChI=1S/C15H18N4O3S/c1-2-19-6-5-10-12(9-19)23-15(17-10)18-13(20)8-16-14(21)11-4-3-7-22-11/h3-4,7H,2,5-6,8-9H2,1H3,(H,16,21)(H,17,18,20). The van der Waals surface area contributed by atoms with Gasteiger partial charge in [0, 0.05) is 24.4 Å². The summed E-state index contributed by atoms with van der Waals surface area (Å²) in [6.45, 7) is 4.91. The molecule has 0 spiro atoms. The number of nitrogens with one attached hydrogen (secondary N) is 2. The van der Waals surface area contributed by atoms with E-state index in [0.29, 0.717) is 5.13 Å². The van der Waals surface area contributed by atoms with Gasteiger partial charge in [0.05, 0.1) is 18.5 Å². The molecule has 0 fully saturated rings. The third-order valence-electron chi connectivity index (χ3n) is 3.66.